The monoisotopic (exact) mass is 273 g/mol. The number of H-pyrrole nitrogens is 1. The minimum absolute atomic E-state index is 0.225. The van der Waals surface area contributed by atoms with E-state index in [9.17, 15) is 9.59 Å². The van der Waals surface area contributed by atoms with Crippen molar-refractivity contribution >= 4 is 17.5 Å². The van der Waals surface area contributed by atoms with E-state index in [0.29, 0.717) is 12.2 Å². The summed E-state index contributed by atoms with van der Waals surface area (Å²) in [6, 6.07) is 4.50. The van der Waals surface area contributed by atoms with Crippen molar-refractivity contribution in [2.45, 2.75) is 13.5 Å². The number of hydrogen-bond acceptors (Lipinski definition) is 4. The van der Waals surface area contributed by atoms with Crippen molar-refractivity contribution in [2.75, 3.05) is 5.32 Å². The van der Waals surface area contributed by atoms with Crippen LogP contribution in [0.25, 0.3) is 0 Å². The highest BCUT2D eigenvalue weighted by molar-refractivity contribution is 5.99. The van der Waals surface area contributed by atoms with E-state index in [-0.39, 0.29) is 11.1 Å². The van der Waals surface area contributed by atoms with Crippen molar-refractivity contribution in [2.24, 2.45) is 11.5 Å². The minimum Gasteiger partial charge on any atom is -0.379 e. The number of benzene rings is 1. The Hall–Kier alpha value is -2.83. The van der Waals surface area contributed by atoms with Gasteiger partial charge in [-0.05, 0) is 25.1 Å². The number of nitrogens with zero attached hydrogens (tertiary/aromatic N) is 1. The highest BCUT2D eigenvalue weighted by Crippen LogP contribution is 2.16. The van der Waals surface area contributed by atoms with Crippen LogP contribution in [0.1, 0.15) is 32.1 Å². The first kappa shape index (κ1) is 13.6. The highest BCUT2D eigenvalue weighted by atomic mass is 16.1. The van der Waals surface area contributed by atoms with Crippen molar-refractivity contribution < 1.29 is 9.59 Å². The number of nitrogens with one attached hydrogen (secondary N) is 2. The summed E-state index contributed by atoms with van der Waals surface area (Å²) in [7, 11) is 0. The molecule has 1 aromatic heterocycles. The van der Waals surface area contributed by atoms with Crippen molar-refractivity contribution in [1.82, 2.24) is 9.97 Å². The molecule has 2 amide bonds. The smallest absolute Gasteiger partial charge is 0.248 e. The Morgan fingerprint density at radius 1 is 1.20 bits per heavy atom. The van der Waals surface area contributed by atoms with Gasteiger partial charge < -0.3 is 21.8 Å². The number of carbonyl (C=O) groups is 2. The predicted molar refractivity (Wildman–Crippen MR) is 74.1 cm³/mol. The third-order valence-corrected chi connectivity index (χ3v) is 2.90. The fourth-order valence-electron chi connectivity index (χ4n) is 1.77. The third-order valence-electron chi connectivity index (χ3n) is 2.90. The zero-order chi connectivity index (χ0) is 14.7. The van der Waals surface area contributed by atoms with Crippen LogP contribution >= 0.6 is 0 Å². The van der Waals surface area contributed by atoms with Crippen LogP contribution in [0.2, 0.25) is 0 Å². The van der Waals surface area contributed by atoms with Crippen LogP contribution < -0.4 is 16.8 Å². The second-order valence-corrected chi connectivity index (χ2v) is 4.36. The standard InChI is InChI=1S/C13H15N5O2/c1-7-11(18-6-17-7)5-16-10-3-8(12(14)19)2-9(4-10)13(15)20/h2-4,6,16H,5H2,1H3,(H2,14,19)(H2,15,20)(H,17,18). The maximum absolute atomic E-state index is 11.2. The lowest BCUT2D eigenvalue weighted by Gasteiger charge is -2.08. The molecule has 0 spiro atoms. The van der Waals surface area contributed by atoms with E-state index in [4.69, 9.17) is 11.5 Å². The van der Waals surface area contributed by atoms with Gasteiger partial charge in [0, 0.05) is 22.5 Å². The van der Waals surface area contributed by atoms with Crippen LogP contribution in [0.15, 0.2) is 24.5 Å². The average molecular weight is 273 g/mol. The Morgan fingerprint density at radius 3 is 2.25 bits per heavy atom. The maximum atomic E-state index is 11.2. The number of rotatable bonds is 5. The number of amides is 2. The SMILES string of the molecule is Cc1[nH]cnc1CNc1cc(C(N)=O)cc(C(N)=O)c1. The molecule has 0 unspecified atom stereocenters. The van der Waals surface area contributed by atoms with E-state index in [0.717, 1.165) is 11.4 Å². The molecule has 7 nitrogen and oxygen atoms in total. The number of nitrogens with two attached hydrogens (primary N) is 2. The molecule has 20 heavy (non-hydrogen) atoms. The first-order chi connectivity index (χ1) is 9.47. The van der Waals surface area contributed by atoms with Gasteiger partial charge in [-0.1, -0.05) is 0 Å². The molecule has 0 aliphatic carbocycles. The van der Waals surface area contributed by atoms with Crippen molar-refractivity contribution in [3.05, 3.63) is 47.0 Å². The number of primary amides is 2. The number of aryl methyl sites for hydroxylation is 1. The first-order valence-corrected chi connectivity index (χ1v) is 5.95. The third kappa shape index (κ3) is 2.94. The van der Waals surface area contributed by atoms with Crippen LogP contribution in [0.3, 0.4) is 0 Å². The lowest BCUT2D eigenvalue weighted by molar-refractivity contribution is 0.0999. The molecular weight excluding hydrogens is 258 g/mol. The molecule has 0 radical (unpaired) electrons. The van der Waals surface area contributed by atoms with Crippen LogP contribution in [0.4, 0.5) is 5.69 Å². The van der Waals surface area contributed by atoms with Crippen LogP contribution in [0.5, 0.6) is 0 Å². The minimum atomic E-state index is -0.618. The molecule has 0 aliphatic rings. The second-order valence-electron chi connectivity index (χ2n) is 4.36. The summed E-state index contributed by atoms with van der Waals surface area (Å²) in [6.45, 7) is 2.36. The molecule has 104 valence electrons. The molecule has 6 N–H and O–H groups in total. The van der Waals surface area contributed by atoms with Crippen LogP contribution in [-0.2, 0) is 6.54 Å². The Kier molecular flexibility index (Phi) is 3.69. The number of hydrogen-bond donors (Lipinski definition) is 4. The summed E-state index contributed by atoms with van der Waals surface area (Å²) < 4.78 is 0. The fraction of sp³-hybridized carbons (Fsp3) is 0.154. The van der Waals surface area contributed by atoms with Crippen LogP contribution in [0, 0.1) is 6.92 Å². The molecule has 0 atom stereocenters. The van der Waals surface area contributed by atoms with Crippen molar-refractivity contribution in [3.8, 4) is 0 Å². The van der Waals surface area contributed by atoms with Gasteiger partial charge in [-0.2, -0.15) is 0 Å². The summed E-state index contributed by atoms with van der Waals surface area (Å²) in [5, 5.41) is 3.08. The van der Waals surface area contributed by atoms with E-state index in [1.54, 1.807) is 18.5 Å². The molecule has 0 fully saturated rings. The normalized spacial score (nSPS) is 10.2. The van der Waals surface area contributed by atoms with Crippen LogP contribution in [-0.4, -0.2) is 21.8 Å². The van der Waals surface area contributed by atoms with Gasteiger partial charge in [-0.3, -0.25) is 9.59 Å². The lowest BCUT2D eigenvalue weighted by Crippen LogP contribution is -2.16. The van der Waals surface area contributed by atoms with Gasteiger partial charge in [0.2, 0.25) is 11.8 Å². The zero-order valence-corrected chi connectivity index (χ0v) is 10.9. The first-order valence-electron chi connectivity index (χ1n) is 5.95. The van der Waals surface area contributed by atoms with E-state index in [2.05, 4.69) is 15.3 Å². The highest BCUT2D eigenvalue weighted by Gasteiger charge is 2.09. The van der Waals surface area contributed by atoms with Gasteiger partial charge >= 0.3 is 0 Å². The summed E-state index contributed by atoms with van der Waals surface area (Å²) >= 11 is 0. The Balaban J connectivity index is 2.24. The van der Waals surface area contributed by atoms with E-state index in [1.165, 1.54) is 6.07 Å². The number of carbonyl (C=O) groups excluding carboxylic acids is 2. The van der Waals surface area contributed by atoms with Crippen molar-refractivity contribution in [3.63, 3.8) is 0 Å². The quantitative estimate of drug-likeness (QED) is 0.633. The maximum Gasteiger partial charge on any atom is 0.248 e. The van der Waals surface area contributed by atoms with E-state index < -0.39 is 11.8 Å². The summed E-state index contributed by atoms with van der Waals surface area (Å²) in [6.07, 6.45) is 1.60. The topological polar surface area (TPSA) is 127 Å². The molecule has 2 rings (SSSR count). The van der Waals surface area contributed by atoms with Gasteiger partial charge in [-0.15, -0.1) is 0 Å². The van der Waals surface area contributed by atoms with Gasteiger partial charge in [0.1, 0.15) is 0 Å². The number of anilines is 1. The number of aromatic amines is 1. The molecule has 0 saturated heterocycles. The van der Waals surface area contributed by atoms with Gasteiger partial charge in [0.05, 0.1) is 18.6 Å². The predicted octanol–water partition coefficient (Wildman–Crippen LogP) is 0.528. The van der Waals surface area contributed by atoms with E-state index >= 15 is 0 Å². The molecule has 1 heterocycles. The molecular formula is C13H15N5O2. The number of aromatic nitrogens is 2. The van der Waals surface area contributed by atoms with Gasteiger partial charge in [-0.25, -0.2) is 4.98 Å². The van der Waals surface area contributed by atoms with Gasteiger partial charge in [0.25, 0.3) is 0 Å². The summed E-state index contributed by atoms with van der Waals surface area (Å²) in [5.74, 6) is -1.24. The van der Waals surface area contributed by atoms with E-state index in [1.807, 2.05) is 6.92 Å². The summed E-state index contributed by atoms with van der Waals surface area (Å²) in [5.41, 5.74) is 13.3. The molecule has 0 bridgehead atoms. The largest absolute Gasteiger partial charge is 0.379 e. The lowest BCUT2D eigenvalue weighted by atomic mass is 10.1. The molecule has 7 heteroatoms. The Labute approximate surface area is 115 Å². The molecule has 2 aromatic rings. The second kappa shape index (κ2) is 5.43. The van der Waals surface area contributed by atoms with Gasteiger partial charge in [0.15, 0.2) is 0 Å². The van der Waals surface area contributed by atoms with Crippen molar-refractivity contribution in [1.29, 1.82) is 0 Å². The zero-order valence-electron chi connectivity index (χ0n) is 10.9. The number of imidazole rings is 1. The summed E-state index contributed by atoms with van der Waals surface area (Å²) in [4.78, 5) is 29.6. The molecule has 0 saturated carbocycles. The Bertz CT molecular complexity index is 630. The molecule has 1 aromatic carbocycles. The fourth-order valence-corrected chi connectivity index (χ4v) is 1.77. The Morgan fingerprint density at radius 2 is 1.80 bits per heavy atom. The average Bonchev–Trinajstić information content (AvgIpc) is 2.81. The molecule has 0 aliphatic heterocycles.